The summed E-state index contributed by atoms with van der Waals surface area (Å²) in [6, 6.07) is 8.15. The van der Waals surface area contributed by atoms with Gasteiger partial charge in [-0.05, 0) is 62.1 Å². The van der Waals surface area contributed by atoms with Gasteiger partial charge in [-0.25, -0.2) is 0 Å². The van der Waals surface area contributed by atoms with E-state index in [2.05, 4.69) is 26.8 Å². The monoisotopic (exact) mass is 382 g/mol. The number of carbonyl (C=O) groups excluding carboxylic acids is 2. The third-order valence-electron chi connectivity index (χ3n) is 4.96. The van der Waals surface area contributed by atoms with Gasteiger partial charge in [-0.15, -0.1) is 0 Å². The van der Waals surface area contributed by atoms with Gasteiger partial charge >= 0.3 is 6.15 Å². The number of fused-ring (bicyclic) bond motifs is 2. The van der Waals surface area contributed by atoms with Crippen LogP contribution in [0.2, 0.25) is 0 Å². The van der Waals surface area contributed by atoms with Crippen LogP contribution in [0.3, 0.4) is 0 Å². The Hall–Kier alpha value is -3.24. The topological polar surface area (TPSA) is 75.0 Å². The lowest BCUT2D eigenvalue weighted by Crippen LogP contribution is -2.02. The minimum absolute atomic E-state index is 0.233. The molecular formula is C22H22O6. The summed E-state index contributed by atoms with van der Waals surface area (Å²) in [5, 5.41) is 1.01. The van der Waals surface area contributed by atoms with Crippen molar-refractivity contribution in [1.29, 1.82) is 0 Å². The van der Waals surface area contributed by atoms with E-state index in [9.17, 15) is 0 Å². The SMILES string of the molecule is CCc1ccc(OCc2c3c(cc4cc(C)oc24)OCO3)c(C)c1C.O=C=O. The van der Waals surface area contributed by atoms with Crippen molar-refractivity contribution in [3.63, 3.8) is 0 Å². The summed E-state index contributed by atoms with van der Waals surface area (Å²) in [6.07, 6.45) is 1.27. The van der Waals surface area contributed by atoms with Crippen molar-refractivity contribution in [3.8, 4) is 17.2 Å². The lowest BCUT2D eigenvalue weighted by Gasteiger charge is -2.14. The molecule has 0 amide bonds. The predicted molar refractivity (Wildman–Crippen MR) is 102 cm³/mol. The van der Waals surface area contributed by atoms with Crippen LogP contribution in [0, 0.1) is 20.8 Å². The number of furan rings is 1. The molecule has 1 aliphatic rings. The first-order chi connectivity index (χ1) is 13.5. The van der Waals surface area contributed by atoms with Crippen molar-refractivity contribution in [1.82, 2.24) is 0 Å². The van der Waals surface area contributed by atoms with Gasteiger partial charge in [0.2, 0.25) is 6.79 Å². The molecule has 6 heteroatoms. The highest BCUT2D eigenvalue weighted by molar-refractivity contribution is 5.86. The van der Waals surface area contributed by atoms with Crippen molar-refractivity contribution in [2.45, 2.75) is 40.7 Å². The molecule has 0 saturated carbocycles. The van der Waals surface area contributed by atoms with Gasteiger partial charge in [0.15, 0.2) is 11.5 Å². The van der Waals surface area contributed by atoms with Crippen LogP contribution in [-0.4, -0.2) is 12.9 Å². The molecule has 6 nitrogen and oxygen atoms in total. The molecule has 146 valence electrons. The second kappa shape index (κ2) is 8.19. The van der Waals surface area contributed by atoms with Gasteiger partial charge in [-0.3, -0.25) is 0 Å². The highest BCUT2D eigenvalue weighted by Gasteiger charge is 2.24. The van der Waals surface area contributed by atoms with Crippen molar-refractivity contribution < 1.29 is 28.2 Å². The summed E-state index contributed by atoms with van der Waals surface area (Å²) < 4.78 is 23.3. The van der Waals surface area contributed by atoms with Gasteiger partial charge in [-0.2, -0.15) is 9.59 Å². The molecule has 0 unspecified atom stereocenters. The summed E-state index contributed by atoms with van der Waals surface area (Å²) in [5.74, 6) is 3.23. The van der Waals surface area contributed by atoms with E-state index >= 15 is 0 Å². The molecule has 1 aromatic heterocycles. The molecule has 28 heavy (non-hydrogen) atoms. The van der Waals surface area contributed by atoms with E-state index in [-0.39, 0.29) is 12.9 Å². The number of hydrogen-bond donors (Lipinski definition) is 0. The quantitative estimate of drug-likeness (QED) is 0.654. The third kappa shape index (κ3) is 3.59. The molecule has 0 N–H and O–H groups in total. The molecule has 0 fully saturated rings. The van der Waals surface area contributed by atoms with Gasteiger partial charge in [-0.1, -0.05) is 13.0 Å². The summed E-state index contributed by atoms with van der Waals surface area (Å²) in [6.45, 7) is 8.97. The molecule has 0 atom stereocenters. The Bertz CT molecular complexity index is 1040. The normalized spacial score (nSPS) is 11.7. The first-order valence-corrected chi connectivity index (χ1v) is 9.02. The first kappa shape index (κ1) is 19.5. The second-order valence-corrected chi connectivity index (χ2v) is 6.56. The third-order valence-corrected chi connectivity index (χ3v) is 4.96. The van der Waals surface area contributed by atoms with E-state index < -0.39 is 0 Å². The Morgan fingerprint density at radius 2 is 1.82 bits per heavy atom. The molecule has 4 rings (SSSR count). The number of rotatable bonds is 4. The average molecular weight is 382 g/mol. The molecule has 1 aliphatic heterocycles. The zero-order valence-corrected chi connectivity index (χ0v) is 16.4. The van der Waals surface area contributed by atoms with Crippen molar-refractivity contribution in [2.24, 2.45) is 0 Å². The summed E-state index contributed by atoms with van der Waals surface area (Å²) in [7, 11) is 0. The zero-order chi connectivity index (χ0) is 20.3. The van der Waals surface area contributed by atoms with Crippen LogP contribution in [0.5, 0.6) is 17.2 Å². The Balaban J connectivity index is 0.000000706. The Labute approximate surface area is 163 Å². The molecule has 2 heterocycles. The first-order valence-electron chi connectivity index (χ1n) is 9.02. The molecule has 2 aromatic carbocycles. The smallest absolute Gasteiger partial charge is 0.373 e. The summed E-state index contributed by atoms with van der Waals surface area (Å²) in [4.78, 5) is 16.2. The minimum Gasteiger partial charge on any atom is -0.488 e. The van der Waals surface area contributed by atoms with Crippen LogP contribution in [0.25, 0.3) is 11.0 Å². The number of aryl methyl sites for hydroxylation is 2. The van der Waals surface area contributed by atoms with E-state index in [4.69, 9.17) is 28.2 Å². The van der Waals surface area contributed by atoms with Crippen LogP contribution >= 0.6 is 0 Å². The van der Waals surface area contributed by atoms with E-state index in [1.807, 2.05) is 25.1 Å². The van der Waals surface area contributed by atoms with Crippen LogP contribution in [0.1, 0.15) is 34.9 Å². The highest BCUT2D eigenvalue weighted by Crippen LogP contribution is 2.42. The maximum Gasteiger partial charge on any atom is 0.373 e. The fourth-order valence-electron chi connectivity index (χ4n) is 3.43. The van der Waals surface area contributed by atoms with E-state index in [0.717, 1.165) is 46.0 Å². The summed E-state index contributed by atoms with van der Waals surface area (Å²) >= 11 is 0. The highest BCUT2D eigenvalue weighted by atomic mass is 16.7. The molecular weight excluding hydrogens is 360 g/mol. The summed E-state index contributed by atoms with van der Waals surface area (Å²) in [5.41, 5.74) is 5.52. The van der Waals surface area contributed by atoms with Crippen molar-refractivity contribution >= 4 is 17.1 Å². The minimum atomic E-state index is 0.233. The lowest BCUT2D eigenvalue weighted by atomic mass is 10.0. The largest absolute Gasteiger partial charge is 0.488 e. The second-order valence-electron chi connectivity index (χ2n) is 6.56. The van der Waals surface area contributed by atoms with Gasteiger partial charge < -0.3 is 18.6 Å². The van der Waals surface area contributed by atoms with E-state index in [0.29, 0.717) is 6.61 Å². The van der Waals surface area contributed by atoms with E-state index in [1.165, 1.54) is 16.7 Å². The lowest BCUT2D eigenvalue weighted by molar-refractivity contribution is -0.191. The average Bonchev–Trinajstić information content (AvgIpc) is 3.28. The maximum atomic E-state index is 8.12. The van der Waals surface area contributed by atoms with Gasteiger partial charge in [0, 0.05) is 5.39 Å². The zero-order valence-electron chi connectivity index (χ0n) is 16.4. The number of hydrogen-bond acceptors (Lipinski definition) is 6. The molecule has 0 aliphatic carbocycles. The molecule has 0 spiro atoms. The Kier molecular flexibility index (Phi) is 5.71. The standard InChI is InChI=1S/C21H22O4.CO2/c1-5-15-6-7-18(14(4)13(15)3)22-10-17-20-16(8-12(2)25-20)9-19-21(17)24-11-23-19;2-1-3/h6-9H,5,10-11H2,1-4H3;. The van der Waals surface area contributed by atoms with E-state index in [1.54, 1.807) is 0 Å². The van der Waals surface area contributed by atoms with Crippen molar-refractivity contribution in [2.75, 3.05) is 6.79 Å². The molecule has 0 saturated heterocycles. The predicted octanol–water partition coefficient (Wildman–Crippen LogP) is 4.64. The Morgan fingerprint density at radius 3 is 2.54 bits per heavy atom. The van der Waals surface area contributed by atoms with Crippen LogP contribution in [0.15, 0.2) is 28.7 Å². The van der Waals surface area contributed by atoms with Crippen LogP contribution in [0.4, 0.5) is 0 Å². The van der Waals surface area contributed by atoms with Crippen LogP contribution in [-0.2, 0) is 22.6 Å². The number of benzene rings is 2. The maximum absolute atomic E-state index is 8.12. The molecule has 0 bridgehead atoms. The van der Waals surface area contributed by atoms with Crippen molar-refractivity contribution in [3.05, 3.63) is 52.3 Å². The van der Waals surface area contributed by atoms with Gasteiger partial charge in [0.1, 0.15) is 23.7 Å². The van der Waals surface area contributed by atoms with Gasteiger partial charge in [0.25, 0.3) is 0 Å². The fraction of sp³-hybridized carbons (Fsp3) is 0.318. The molecule has 0 radical (unpaired) electrons. The van der Waals surface area contributed by atoms with Crippen LogP contribution < -0.4 is 14.2 Å². The number of ether oxygens (including phenoxy) is 3. The van der Waals surface area contributed by atoms with Gasteiger partial charge in [0.05, 0.1) is 5.56 Å². The fourth-order valence-corrected chi connectivity index (χ4v) is 3.43. The Morgan fingerprint density at radius 1 is 1.07 bits per heavy atom. The molecule has 3 aromatic rings.